The summed E-state index contributed by atoms with van der Waals surface area (Å²) in [7, 11) is 0.699. The number of phenolic OH excluding ortho intramolecular Hbond substituents is 1. The zero-order valence-corrected chi connectivity index (χ0v) is 6.16. The molecule has 1 aromatic carbocycles. The van der Waals surface area contributed by atoms with Gasteiger partial charge in [-0.05, 0) is 23.2 Å². The molecule has 0 spiro atoms. The van der Waals surface area contributed by atoms with Crippen LogP contribution < -0.4 is 5.46 Å². The molecule has 3 N–H and O–H groups in total. The summed E-state index contributed by atoms with van der Waals surface area (Å²) in [5.74, 6) is -1.36. The Balaban J connectivity index is 3.19. The Morgan fingerprint density at radius 1 is 1.42 bits per heavy atom. The highest BCUT2D eigenvalue weighted by Gasteiger charge is 2.08. The van der Waals surface area contributed by atoms with Crippen LogP contribution in [0.25, 0.3) is 0 Å². The van der Waals surface area contributed by atoms with E-state index in [0.29, 0.717) is 7.48 Å². The van der Waals surface area contributed by atoms with Crippen molar-refractivity contribution in [3.8, 4) is 5.75 Å². The first kappa shape index (κ1) is 9.03. The first-order chi connectivity index (χ1) is 5.69. The smallest absolute Gasteiger partial charge is 0.327 e. The summed E-state index contributed by atoms with van der Waals surface area (Å²) in [5, 5.41) is 26.1. The third kappa shape index (κ3) is 1.57. The van der Waals surface area contributed by atoms with Crippen LogP contribution in [0, 0.1) is 5.82 Å². The molecule has 12 heavy (non-hydrogen) atoms. The van der Waals surface area contributed by atoms with Crippen molar-refractivity contribution in [2.45, 2.75) is 6.61 Å². The summed E-state index contributed by atoms with van der Waals surface area (Å²) in [6.45, 7) is -0.385. The van der Waals surface area contributed by atoms with Gasteiger partial charge >= 0.3 is 7.48 Å². The first-order valence-corrected chi connectivity index (χ1v) is 3.28. The molecule has 0 unspecified atom stereocenters. The predicted molar refractivity (Wildman–Crippen MR) is 41.6 cm³/mol. The fourth-order valence-corrected chi connectivity index (χ4v) is 0.876. The van der Waals surface area contributed by atoms with Crippen LogP contribution in [-0.4, -0.2) is 22.7 Å². The normalized spacial score (nSPS) is 9.92. The molecular formula is C7H7BFO3. The predicted octanol–water partition coefficient (Wildman–Crippen LogP) is -0.740. The Morgan fingerprint density at radius 3 is 2.58 bits per heavy atom. The minimum atomic E-state index is -0.815. The molecule has 0 atom stereocenters. The van der Waals surface area contributed by atoms with Gasteiger partial charge in [-0.15, -0.1) is 0 Å². The Kier molecular flexibility index (Phi) is 2.67. The minimum absolute atomic E-state index is 0.205. The van der Waals surface area contributed by atoms with E-state index >= 15 is 0 Å². The van der Waals surface area contributed by atoms with Crippen molar-refractivity contribution in [1.82, 2.24) is 0 Å². The van der Waals surface area contributed by atoms with E-state index in [0.717, 1.165) is 12.1 Å². The molecule has 0 saturated carbocycles. The Labute approximate surface area is 69.4 Å². The SMILES string of the molecule is O[B]c1cc(O)c(F)cc1CO. The van der Waals surface area contributed by atoms with Gasteiger partial charge in [-0.1, -0.05) is 0 Å². The number of aliphatic hydroxyl groups excluding tert-OH is 1. The number of phenols is 1. The first-order valence-electron chi connectivity index (χ1n) is 3.28. The van der Waals surface area contributed by atoms with Crippen molar-refractivity contribution >= 4 is 12.9 Å². The molecule has 63 valence electrons. The van der Waals surface area contributed by atoms with Gasteiger partial charge in [0.15, 0.2) is 11.6 Å². The lowest BCUT2D eigenvalue weighted by Gasteiger charge is -2.04. The number of aliphatic hydroxyl groups is 1. The summed E-state index contributed by atoms with van der Waals surface area (Å²) in [4.78, 5) is 0. The van der Waals surface area contributed by atoms with Crippen LogP contribution in [0.2, 0.25) is 0 Å². The lowest BCUT2D eigenvalue weighted by molar-refractivity contribution is 0.281. The van der Waals surface area contributed by atoms with E-state index in [4.69, 9.17) is 15.2 Å². The highest BCUT2D eigenvalue weighted by Crippen LogP contribution is 2.14. The van der Waals surface area contributed by atoms with Gasteiger partial charge in [-0.3, -0.25) is 0 Å². The van der Waals surface area contributed by atoms with Crippen molar-refractivity contribution in [3.63, 3.8) is 0 Å². The van der Waals surface area contributed by atoms with Gasteiger partial charge < -0.3 is 15.2 Å². The number of benzene rings is 1. The molecule has 0 aliphatic carbocycles. The van der Waals surface area contributed by atoms with Crippen LogP contribution in [-0.2, 0) is 6.61 Å². The van der Waals surface area contributed by atoms with Crippen molar-refractivity contribution in [2.75, 3.05) is 0 Å². The van der Waals surface area contributed by atoms with Crippen LogP contribution in [0.4, 0.5) is 4.39 Å². The molecule has 3 nitrogen and oxygen atoms in total. The van der Waals surface area contributed by atoms with Crippen molar-refractivity contribution in [2.24, 2.45) is 0 Å². The van der Waals surface area contributed by atoms with E-state index in [1.54, 1.807) is 0 Å². The summed E-state index contributed by atoms with van der Waals surface area (Å²) in [6, 6.07) is 2.01. The summed E-state index contributed by atoms with van der Waals surface area (Å²) in [5.41, 5.74) is 0.434. The van der Waals surface area contributed by atoms with Gasteiger partial charge in [0.05, 0.1) is 6.61 Å². The maximum atomic E-state index is 12.6. The maximum absolute atomic E-state index is 12.6. The van der Waals surface area contributed by atoms with E-state index in [-0.39, 0.29) is 17.6 Å². The van der Waals surface area contributed by atoms with Crippen LogP contribution in [0.15, 0.2) is 12.1 Å². The molecule has 0 amide bonds. The number of rotatable bonds is 2. The number of hydrogen-bond donors (Lipinski definition) is 3. The maximum Gasteiger partial charge on any atom is 0.327 e. The second-order valence-electron chi connectivity index (χ2n) is 2.29. The summed E-state index contributed by atoms with van der Waals surface area (Å²) >= 11 is 0. The lowest BCUT2D eigenvalue weighted by atomic mass is 9.84. The zero-order valence-electron chi connectivity index (χ0n) is 6.16. The van der Waals surface area contributed by atoms with Gasteiger partial charge in [-0.2, -0.15) is 0 Å². The third-order valence-electron chi connectivity index (χ3n) is 1.52. The monoisotopic (exact) mass is 169 g/mol. The minimum Gasteiger partial charge on any atom is -0.505 e. The van der Waals surface area contributed by atoms with Crippen molar-refractivity contribution < 1.29 is 19.6 Å². The van der Waals surface area contributed by atoms with Crippen LogP contribution >= 0.6 is 0 Å². The molecule has 0 heterocycles. The molecule has 0 aliphatic heterocycles. The summed E-state index contributed by atoms with van der Waals surface area (Å²) < 4.78 is 12.6. The molecular weight excluding hydrogens is 162 g/mol. The second kappa shape index (κ2) is 3.56. The lowest BCUT2D eigenvalue weighted by Crippen LogP contribution is -2.19. The molecule has 5 heteroatoms. The number of halogens is 1. The van der Waals surface area contributed by atoms with E-state index < -0.39 is 11.6 Å². The molecule has 0 aliphatic rings. The number of hydrogen-bond acceptors (Lipinski definition) is 3. The van der Waals surface area contributed by atoms with E-state index in [9.17, 15) is 4.39 Å². The van der Waals surface area contributed by atoms with Gasteiger partial charge in [0.25, 0.3) is 0 Å². The fourth-order valence-electron chi connectivity index (χ4n) is 0.876. The number of aromatic hydroxyl groups is 1. The van der Waals surface area contributed by atoms with Gasteiger partial charge in [0.1, 0.15) is 0 Å². The van der Waals surface area contributed by atoms with Crippen LogP contribution in [0.5, 0.6) is 5.75 Å². The zero-order chi connectivity index (χ0) is 9.14. The molecule has 0 aromatic heterocycles. The van der Waals surface area contributed by atoms with Gasteiger partial charge in [0, 0.05) is 0 Å². The standard InChI is InChI=1S/C7H7BFO3/c9-6-1-4(3-10)5(8-12)2-7(6)11/h1-2,10-12H,3H2. The quantitative estimate of drug-likeness (QED) is 0.511. The van der Waals surface area contributed by atoms with Gasteiger partial charge in [-0.25, -0.2) is 4.39 Å². The summed E-state index contributed by atoms with van der Waals surface area (Å²) in [6.07, 6.45) is 0. The average molecular weight is 169 g/mol. The van der Waals surface area contributed by atoms with E-state index in [1.165, 1.54) is 0 Å². The Morgan fingerprint density at radius 2 is 2.08 bits per heavy atom. The highest BCUT2D eigenvalue weighted by atomic mass is 19.1. The van der Waals surface area contributed by atoms with Crippen LogP contribution in [0.1, 0.15) is 5.56 Å². The Bertz CT molecular complexity index is 261. The molecule has 0 bridgehead atoms. The highest BCUT2D eigenvalue weighted by molar-refractivity contribution is 6.46. The third-order valence-corrected chi connectivity index (χ3v) is 1.52. The van der Waals surface area contributed by atoms with Gasteiger partial charge in [0.2, 0.25) is 0 Å². The second-order valence-corrected chi connectivity index (χ2v) is 2.29. The molecule has 1 radical (unpaired) electrons. The van der Waals surface area contributed by atoms with E-state index in [2.05, 4.69) is 0 Å². The van der Waals surface area contributed by atoms with E-state index in [1.807, 2.05) is 0 Å². The molecule has 1 rings (SSSR count). The largest absolute Gasteiger partial charge is 0.505 e. The topological polar surface area (TPSA) is 60.7 Å². The Hall–Kier alpha value is -1.07. The van der Waals surface area contributed by atoms with Crippen LogP contribution in [0.3, 0.4) is 0 Å². The fraction of sp³-hybridized carbons (Fsp3) is 0.143. The molecule has 0 saturated heterocycles. The van der Waals surface area contributed by atoms with Crippen molar-refractivity contribution in [1.29, 1.82) is 0 Å². The van der Waals surface area contributed by atoms with Crippen molar-refractivity contribution in [3.05, 3.63) is 23.5 Å². The average Bonchev–Trinajstić information content (AvgIpc) is 2.09. The molecule has 1 aromatic rings. The molecule has 0 fully saturated rings.